The molecule has 0 saturated carbocycles. The third-order valence-electron chi connectivity index (χ3n) is 5.95. The lowest BCUT2D eigenvalue weighted by molar-refractivity contribution is -0.000658. The van der Waals surface area contributed by atoms with E-state index in [1.165, 1.54) is 0 Å². The summed E-state index contributed by atoms with van der Waals surface area (Å²) < 4.78 is 7.59. The Morgan fingerprint density at radius 3 is 2.53 bits per heavy atom. The number of likely N-dealkylation sites (tertiary alicyclic amines) is 1. The van der Waals surface area contributed by atoms with Crippen molar-refractivity contribution in [2.24, 2.45) is 5.92 Å². The number of nitrogens with zero attached hydrogens (tertiary/aromatic N) is 3. The van der Waals surface area contributed by atoms with Gasteiger partial charge in [0, 0.05) is 59.8 Å². The lowest BCUT2D eigenvalue weighted by Crippen LogP contribution is -2.51. The van der Waals surface area contributed by atoms with E-state index >= 15 is 0 Å². The number of rotatable bonds is 7. The lowest BCUT2D eigenvalue weighted by Gasteiger charge is -2.39. The number of aromatic nitrogens is 2. The number of nitrogens with one attached hydrogen (secondary N) is 1. The summed E-state index contributed by atoms with van der Waals surface area (Å²) in [4.78, 5) is 27.1. The maximum Gasteiger partial charge on any atom is 0.253 e. The summed E-state index contributed by atoms with van der Waals surface area (Å²) >= 11 is 5.91. The molecule has 0 bridgehead atoms. The van der Waals surface area contributed by atoms with E-state index in [2.05, 4.69) is 10.4 Å². The Labute approximate surface area is 205 Å². The van der Waals surface area contributed by atoms with Crippen molar-refractivity contribution < 1.29 is 14.3 Å². The molecule has 1 N–H and O–H groups in total. The summed E-state index contributed by atoms with van der Waals surface area (Å²) in [6.07, 6.45) is 1.99. The highest BCUT2D eigenvalue weighted by Gasteiger charge is 2.31. The Morgan fingerprint density at radius 1 is 1.15 bits per heavy atom. The largest absolute Gasteiger partial charge is 0.374 e. The van der Waals surface area contributed by atoms with Crippen LogP contribution < -0.4 is 5.32 Å². The van der Waals surface area contributed by atoms with Crippen molar-refractivity contribution in [1.29, 1.82) is 0 Å². The second-order valence-electron chi connectivity index (χ2n) is 9.82. The van der Waals surface area contributed by atoms with Crippen LogP contribution in [0.5, 0.6) is 0 Å². The van der Waals surface area contributed by atoms with Gasteiger partial charge in [-0.15, -0.1) is 0 Å². The molecule has 1 fully saturated rings. The van der Waals surface area contributed by atoms with Crippen molar-refractivity contribution in [1.82, 2.24) is 20.0 Å². The van der Waals surface area contributed by atoms with E-state index in [4.69, 9.17) is 16.3 Å². The smallest absolute Gasteiger partial charge is 0.253 e. The fourth-order valence-electron chi connectivity index (χ4n) is 4.13. The van der Waals surface area contributed by atoms with Gasteiger partial charge in [-0.3, -0.25) is 14.3 Å². The zero-order valence-corrected chi connectivity index (χ0v) is 20.9. The van der Waals surface area contributed by atoms with Gasteiger partial charge >= 0.3 is 0 Å². The van der Waals surface area contributed by atoms with Crippen molar-refractivity contribution >= 4 is 34.3 Å². The van der Waals surface area contributed by atoms with Crippen LogP contribution in [0.4, 0.5) is 0 Å². The third-order valence-corrected chi connectivity index (χ3v) is 6.21. The fraction of sp³-hybridized carbons (Fsp3) is 0.423. The molecule has 0 spiro atoms. The first-order valence-electron chi connectivity index (χ1n) is 11.5. The molecule has 2 heterocycles. The first kappa shape index (κ1) is 24.2. The van der Waals surface area contributed by atoms with Gasteiger partial charge in [0.05, 0.1) is 17.7 Å². The molecular weight excluding hydrogens is 452 g/mol. The second kappa shape index (κ2) is 9.76. The molecule has 0 atom stereocenters. The minimum Gasteiger partial charge on any atom is -0.374 e. The van der Waals surface area contributed by atoms with Gasteiger partial charge in [-0.1, -0.05) is 11.6 Å². The van der Waals surface area contributed by atoms with Gasteiger partial charge < -0.3 is 15.0 Å². The number of halogens is 1. The van der Waals surface area contributed by atoms with Crippen LogP contribution in [0.1, 0.15) is 47.1 Å². The highest BCUT2D eigenvalue weighted by atomic mass is 35.5. The number of hydrogen-bond acceptors (Lipinski definition) is 4. The van der Waals surface area contributed by atoms with Gasteiger partial charge in [-0.05, 0) is 69.7 Å². The number of carbonyl (C=O) groups excluding carboxylic acids is 2. The molecule has 34 heavy (non-hydrogen) atoms. The van der Waals surface area contributed by atoms with Gasteiger partial charge in [0.2, 0.25) is 0 Å². The lowest BCUT2D eigenvalue weighted by atomic mass is 9.99. The fourth-order valence-corrected chi connectivity index (χ4v) is 4.25. The number of carbonyl (C=O) groups is 2. The van der Waals surface area contributed by atoms with E-state index in [0.29, 0.717) is 48.3 Å². The van der Waals surface area contributed by atoms with Crippen LogP contribution in [-0.4, -0.2) is 58.3 Å². The quantitative estimate of drug-likeness (QED) is 0.509. The topological polar surface area (TPSA) is 76.5 Å². The van der Waals surface area contributed by atoms with E-state index in [1.807, 2.05) is 55.6 Å². The Hall–Kier alpha value is -2.90. The molecule has 1 aromatic heterocycles. The molecule has 1 aliphatic rings. The van der Waals surface area contributed by atoms with Crippen LogP contribution in [0.15, 0.2) is 42.6 Å². The molecular formula is C26H31ClN4O3. The first-order valence-corrected chi connectivity index (χ1v) is 11.9. The predicted octanol–water partition coefficient (Wildman–Crippen LogP) is 4.32. The van der Waals surface area contributed by atoms with E-state index in [0.717, 1.165) is 23.0 Å². The minimum atomic E-state index is -0.227. The maximum atomic E-state index is 12.7. The van der Waals surface area contributed by atoms with Gasteiger partial charge in [0.1, 0.15) is 0 Å². The molecule has 0 aliphatic carbocycles. The Morgan fingerprint density at radius 2 is 1.85 bits per heavy atom. The molecule has 1 aliphatic heterocycles. The highest BCUT2D eigenvalue weighted by molar-refractivity contribution is 6.30. The van der Waals surface area contributed by atoms with Crippen LogP contribution in [0.25, 0.3) is 10.9 Å². The minimum absolute atomic E-state index is 0.0259. The van der Waals surface area contributed by atoms with Crippen molar-refractivity contribution in [3.8, 4) is 0 Å². The monoisotopic (exact) mass is 482 g/mol. The number of ether oxygens (including phenoxy) is 1. The number of fused-ring (bicyclic) bond motifs is 1. The molecule has 2 aromatic carbocycles. The zero-order chi connectivity index (χ0) is 24.5. The van der Waals surface area contributed by atoms with Crippen molar-refractivity contribution in [2.45, 2.75) is 39.8 Å². The number of benzene rings is 2. The van der Waals surface area contributed by atoms with E-state index in [1.54, 1.807) is 24.3 Å². The number of hydrogen-bond donors (Lipinski definition) is 1. The average Bonchev–Trinajstić information content (AvgIpc) is 3.17. The van der Waals surface area contributed by atoms with E-state index in [-0.39, 0.29) is 17.4 Å². The first-order chi connectivity index (χ1) is 16.1. The van der Waals surface area contributed by atoms with Crippen molar-refractivity contribution in [2.75, 3.05) is 26.2 Å². The molecule has 180 valence electrons. The standard InChI is InChI=1S/C26H31ClN4O3/c1-17-21(24(32)28-11-12-34-26(2,3)4)9-10-23-22(17)16-31(29-23)15-18-13-30(14-18)25(33)19-5-7-20(27)8-6-19/h5-10,16,18H,11-15H2,1-4H3,(H,28,32). The van der Waals surface area contributed by atoms with Crippen LogP contribution in [0.3, 0.4) is 0 Å². The van der Waals surface area contributed by atoms with Gasteiger partial charge in [0.15, 0.2) is 0 Å². The molecule has 0 unspecified atom stereocenters. The SMILES string of the molecule is Cc1c(C(=O)NCCOC(C)(C)C)ccc2nn(CC3CN(C(=O)c4ccc(Cl)cc4)C3)cc12. The van der Waals surface area contributed by atoms with Crippen LogP contribution in [0.2, 0.25) is 5.02 Å². The van der Waals surface area contributed by atoms with Crippen molar-refractivity contribution in [3.63, 3.8) is 0 Å². The van der Waals surface area contributed by atoms with E-state index in [9.17, 15) is 9.59 Å². The van der Waals surface area contributed by atoms with Crippen LogP contribution in [0, 0.1) is 12.8 Å². The molecule has 1 saturated heterocycles. The third kappa shape index (κ3) is 5.59. The summed E-state index contributed by atoms with van der Waals surface area (Å²) in [7, 11) is 0. The van der Waals surface area contributed by atoms with E-state index < -0.39 is 0 Å². The van der Waals surface area contributed by atoms with Crippen LogP contribution >= 0.6 is 11.6 Å². The Bertz CT molecular complexity index is 1190. The molecule has 4 rings (SSSR count). The summed E-state index contributed by atoms with van der Waals surface area (Å²) in [6.45, 7) is 11.0. The maximum absolute atomic E-state index is 12.7. The van der Waals surface area contributed by atoms with Gasteiger partial charge in [0.25, 0.3) is 11.8 Å². The summed E-state index contributed by atoms with van der Waals surface area (Å²) in [6, 6.07) is 10.7. The second-order valence-corrected chi connectivity index (χ2v) is 10.3. The van der Waals surface area contributed by atoms with Gasteiger partial charge in [-0.2, -0.15) is 5.10 Å². The summed E-state index contributed by atoms with van der Waals surface area (Å²) in [5, 5.41) is 9.20. The summed E-state index contributed by atoms with van der Waals surface area (Å²) in [5.41, 5.74) is 2.84. The molecule has 7 nitrogen and oxygen atoms in total. The molecule has 3 aromatic rings. The zero-order valence-electron chi connectivity index (χ0n) is 20.1. The Kier molecular flexibility index (Phi) is 6.96. The van der Waals surface area contributed by atoms with Crippen LogP contribution in [-0.2, 0) is 11.3 Å². The normalized spacial score (nSPS) is 14.3. The summed E-state index contributed by atoms with van der Waals surface area (Å²) in [5.74, 6) is 0.259. The van der Waals surface area contributed by atoms with Gasteiger partial charge in [-0.25, -0.2) is 0 Å². The Balaban J connectivity index is 1.34. The highest BCUT2D eigenvalue weighted by Crippen LogP contribution is 2.24. The molecule has 2 amide bonds. The number of aryl methyl sites for hydroxylation is 1. The molecule has 8 heteroatoms. The number of amides is 2. The predicted molar refractivity (Wildman–Crippen MR) is 133 cm³/mol. The van der Waals surface area contributed by atoms with Crippen molar-refractivity contribution in [3.05, 3.63) is 64.3 Å². The molecule has 0 radical (unpaired) electrons. The average molecular weight is 483 g/mol.